The normalized spacial score (nSPS) is 24.1. The third-order valence-corrected chi connectivity index (χ3v) is 4.78. The van der Waals surface area contributed by atoms with Crippen LogP contribution in [0, 0.1) is 6.92 Å². The Morgan fingerprint density at radius 1 is 1.56 bits per heavy atom. The zero-order valence-electron chi connectivity index (χ0n) is 10.9. The van der Waals surface area contributed by atoms with Crippen LogP contribution in [0.25, 0.3) is 0 Å². The Kier molecular flexibility index (Phi) is 3.80. The van der Waals surface area contributed by atoms with Gasteiger partial charge in [0.15, 0.2) is 0 Å². The van der Waals surface area contributed by atoms with Crippen LogP contribution in [0.1, 0.15) is 29.9 Å². The molecule has 98 valence electrons. The van der Waals surface area contributed by atoms with Crippen LogP contribution in [0.15, 0.2) is 12.3 Å². The van der Waals surface area contributed by atoms with E-state index in [9.17, 15) is 9.90 Å². The van der Waals surface area contributed by atoms with Gasteiger partial charge in [-0.15, -0.1) is 0 Å². The number of hydrogen-bond donors (Lipinski definition) is 1. The van der Waals surface area contributed by atoms with Gasteiger partial charge >= 0.3 is 5.97 Å². The van der Waals surface area contributed by atoms with Crippen molar-refractivity contribution < 1.29 is 9.90 Å². The third kappa shape index (κ3) is 2.46. The standard InChI is InChI=1S/C13H18N2O2S/c1-8-6-12(11(7-14-8)13(16)17)15-4-5-18-10(3)9(15)2/h6-7,9-10H,4-5H2,1-3H3,(H,16,17). The second kappa shape index (κ2) is 5.18. The number of hydrogen-bond acceptors (Lipinski definition) is 4. The largest absolute Gasteiger partial charge is 0.478 e. The number of anilines is 1. The highest BCUT2D eigenvalue weighted by atomic mass is 32.2. The molecule has 0 bridgehead atoms. The first-order chi connectivity index (χ1) is 8.50. The van der Waals surface area contributed by atoms with E-state index < -0.39 is 5.97 Å². The zero-order chi connectivity index (χ0) is 13.3. The van der Waals surface area contributed by atoms with E-state index in [1.165, 1.54) is 6.20 Å². The summed E-state index contributed by atoms with van der Waals surface area (Å²) in [5.41, 5.74) is 1.95. The summed E-state index contributed by atoms with van der Waals surface area (Å²) in [6.07, 6.45) is 1.46. The number of carbonyl (C=O) groups is 1. The lowest BCUT2D eigenvalue weighted by Crippen LogP contribution is -2.45. The lowest BCUT2D eigenvalue weighted by molar-refractivity contribution is 0.0697. The van der Waals surface area contributed by atoms with E-state index in [0.717, 1.165) is 23.7 Å². The van der Waals surface area contributed by atoms with Crippen molar-refractivity contribution in [1.29, 1.82) is 0 Å². The van der Waals surface area contributed by atoms with Gasteiger partial charge < -0.3 is 10.0 Å². The minimum Gasteiger partial charge on any atom is -0.478 e. The molecule has 0 saturated carbocycles. The van der Waals surface area contributed by atoms with Crippen LogP contribution in [0.5, 0.6) is 0 Å². The fraction of sp³-hybridized carbons (Fsp3) is 0.538. The van der Waals surface area contributed by atoms with E-state index in [1.54, 1.807) is 0 Å². The van der Waals surface area contributed by atoms with Gasteiger partial charge in [0.2, 0.25) is 0 Å². The molecular weight excluding hydrogens is 248 g/mol. The Hall–Kier alpha value is -1.23. The van der Waals surface area contributed by atoms with Gasteiger partial charge in [0.1, 0.15) is 5.56 Å². The van der Waals surface area contributed by atoms with Crippen LogP contribution in [0.3, 0.4) is 0 Å². The summed E-state index contributed by atoms with van der Waals surface area (Å²) in [5, 5.41) is 9.78. The zero-order valence-corrected chi connectivity index (χ0v) is 11.7. The van der Waals surface area contributed by atoms with Gasteiger partial charge in [0.05, 0.1) is 5.69 Å². The molecule has 5 heteroatoms. The van der Waals surface area contributed by atoms with Crippen molar-refractivity contribution in [1.82, 2.24) is 4.98 Å². The molecule has 1 aromatic heterocycles. The fourth-order valence-corrected chi connectivity index (χ4v) is 3.32. The number of nitrogens with zero attached hydrogens (tertiary/aromatic N) is 2. The topological polar surface area (TPSA) is 53.4 Å². The Balaban J connectivity index is 2.42. The molecule has 1 N–H and O–H groups in total. The molecule has 2 unspecified atom stereocenters. The molecule has 18 heavy (non-hydrogen) atoms. The molecule has 1 aromatic rings. The van der Waals surface area contributed by atoms with Gasteiger partial charge in [-0.1, -0.05) is 6.92 Å². The van der Waals surface area contributed by atoms with Gasteiger partial charge in [0.25, 0.3) is 0 Å². The number of carboxylic acid groups (broad SMARTS) is 1. The average Bonchev–Trinajstić information content (AvgIpc) is 2.32. The van der Waals surface area contributed by atoms with Crippen LogP contribution in [-0.4, -0.2) is 39.6 Å². The first kappa shape index (κ1) is 13.2. The SMILES string of the molecule is Cc1cc(N2CCSC(C)C2C)c(C(=O)O)cn1. The number of thioether (sulfide) groups is 1. The number of rotatable bonds is 2. The molecule has 0 aliphatic carbocycles. The molecule has 4 nitrogen and oxygen atoms in total. The minimum atomic E-state index is -0.907. The molecule has 0 amide bonds. The van der Waals surface area contributed by atoms with Gasteiger partial charge in [-0.05, 0) is 19.9 Å². The van der Waals surface area contributed by atoms with Crippen LogP contribution >= 0.6 is 11.8 Å². The molecule has 2 atom stereocenters. The summed E-state index contributed by atoms with van der Waals surface area (Å²) < 4.78 is 0. The highest BCUT2D eigenvalue weighted by Crippen LogP contribution is 2.31. The van der Waals surface area contributed by atoms with Crippen molar-refractivity contribution >= 4 is 23.4 Å². The van der Waals surface area contributed by atoms with Crippen molar-refractivity contribution in [2.45, 2.75) is 32.1 Å². The molecule has 0 aromatic carbocycles. The van der Waals surface area contributed by atoms with E-state index in [1.807, 2.05) is 24.8 Å². The number of carboxylic acids is 1. The summed E-state index contributed by atoms with van der Waals surface area (Å²) in [5.74, 6) is 0.127. The summed E-state index contributed by atoms with van der Waals surface area (Å²) in [6, 6.07) is 2.21. The second-order valence-corrected chi connectivity index (χ2v) is 6.14. The first-order valence-corrected chi connectivity index (χ1v) is 7.13. The summed E-state index contributed by atoms with van der Waals surface area (Å²) in [4.78, 5) is 17.6. The van der Waals surface area contributed by atoms with Crippen molar-refractivity contribution in [2.75, 3.05) is 17.2 Å². The maximum Gasteiger partial charge on any atom is 0.339 e. The van der Waals surface area contributed by atoms with Gasteiger partial charge in [-0.3, -0.25) is 4.98 Å². The highest BCUT2D eigenvalue weighted by molar-refractivity contribution is 8.00. The summed E-state index contributed by atoms with van der Waals surface area (Å²) >= 11 is 1.94. The predicted octanol–water partition coefficient (Wildman–Crippen LogP) is 2.42. The maximum absolute atomic E-state index is 11.3. The summed E-state index contributed by atoms with van der Waals surface area (Å²) in [7, 11) is 0. The van der Waals surface area contributed by atoms with Crippen LogP contribution in [0.2, 0.25) is 0 Å². The summed E-state index contributed by atoms with van der Waals surface area (Å²) in [6.45, 7) is 7.12. The van der Waals surface area contributed by atoms with Crippen LogP contribution in [0.4, 0.5) is 5.69 Å². The van der Waals surface area contributed by atoms with Gasteiger partial charge in [-0.25, -0.2) is 4.79 Å². The van der Waals surface area contributed by atoms with E-state index in [-0.39, 0.29) is 0 Å². The van der Waals surface area contributed by atoms with Crippen molar-refractivity contribution in [2.24, 2.45) is 0 Å². The predicted molar refractivity (Wildman–Crippen MR) is 74.7 cm³/mol. The average molecular weight is 266 g/mol. The monoisotopic (exact) mass is 266 g/mol. The lowest BCUT2D eigenvalue weighted by Gasteiger charge is -2.39. The fourth-order valence-electron chi connectivity index (χ4n) is 2.22. The highest BCUT2D eigenvalue weighted by Gasteiger charge is 2.28. The van der Waals surface area contributed by atoms with Gasteiger partial charge in [-0.2, -0.15) is 11.8 Å². The van der Waals surface area contributed by atoms with E-state index in [4.69, 9.17) is 0 Å². The van der Waals surface area contributed by atoms with E-state index in [2.05, 4.69) is 23.7 Å². The number of aromatic carboxylic acids is 1. The Labute approximate surface area is 111 Å². The quantitative estimate of drug-likeness (QED) is 0.891. The van der Waals surface area contributed by atoms with Crippen molar-refractivity contribution in [3.63, 3.8) is 0 Å². The number of pyridine rings is 1. The lowest BCUT2D eigenvalue weighted by atomic mass is 10.1. The molecule has 1 aliphatic rings. The molecule has 1 saturated heterocycles. The Morgan fingerprint density at radius 2 is 2.28 bits per heavy atom. The Morgan fingerprint density at radius 3 is 2.94 bits per heavy atom. The Bertz CT molecular complexity index is 464. The van der Waals surface area contributed by atoms with Crippen molar-refractivity contribution in [3.05, 3.63) is 23.5 Å². The molecule has 1 fully saturated rings. The molecular formula is C13H18N2O2S. The van der Waals surface area contributed by atoms with Gasteiger partial charge in [0, 0.05) is 35.5 Å². The smallest absolute Gasteiger partial charge is 0.339 e. The second-order valence-electron chi connectivity index (χ2n) is 4.66. The first-order valence-electron chi connectivity index (χ1n) is 6.09. The number of aromatic nitrogens is 1. The van der Waals surface area contributed by atoms with E-state index >= 15 is 0 Å². The molecule has 2 rings (SSSR count). The maximum atomic E-state index is 11.3. The molecule has 1 aliphatic heterocycles. The van der Waals surface area contributed by atoms with Crippen molar-refractivity contribution in [3.8, 4) is 0 Å². The van der Waals surface area contributed by atoms with Crippen LogP contribution < -0.4 is 4.90 Å². The molecule has 2 heterocycles. The number of aryl methyl sites for hydroxylation is 1. The van der Waals surface area contributed by atoms with E-state index in [0.29, 0.717) is 16.9 Å². The van der Waals surface area contributed by atoms with Crippen LogP contribution in [-0.2, 0) is 0 Å². The molecule has 0 spiro atoms. The minimum absolute atomic E-state index is 0.298. The molecule has 0 radical (unpaired) electrons. The third-order valence-electron chi connectivity index (χ3n) is 3.44.